The number of nitrogens with zero attached hydrogens (tertiary/aromatic N) is 2. The molecule has 1 aliphatic rings. The summed E-state index contributed by atoms with van der Waals surface area (Å²) in [6.07, 6.45) is 2.19. The zero-order chi connectivity index (χ0) is 18.1. The third kappa shape index (κ3) is 3.09. The third-order valence-corrected chi connectivity index (χ3v) is 4.40. The summed E-state index contributed by atoms with van der Waals surface area (Å²) in [5.41, 5.74) is 8.21. The van der Waals surface area contributed by atoms with Crippen LogP contribution >= 0.6 is 0 Å². The van der Waals surface area contributed by atoms with E-state index in [4.69, 9.17) is 5.73 Å². The second kappa shape index (κ2) is 6.48. The largest absolute Gasteiger partial charge is 0.366 e. The molecule has 0 radical (unpaired) electrons. The second-order valence-corrected chi connectivity index (χ2v) is 6.34. The molecule has 0 saturated heterocycles. The van der Waals surface area contributed by atoms with Crippen molar-refractivity contribution in [1.29, 1.82) is 0 Å². The Kier molecular flexibility index (Phi) is 4.01. The number of rotatable bonds is 5. The second-order valence-electron chi connectivity index (χ2n) is 6.34. The first-order valence-electron chi connectivity index (χ1n) is 8.49. The van der Waals surface area contributed by atoms with Crippen LogP contribution in [-0.2, 0) is 0 Å². The lowest BCUT2D eigenvalue weighted by Crippen LogP contribution is -2.20. The number of amides is 2. The van der Waals surface area contributed by atoms with E-state index in [2.05, 4.69) is 10.4 Å². The minimum absolute atomic E-state index is 0.272. The highest BCUT2D eigenvalue weighted by Gasteiger charge is 2.29. The average molecular weight is 346 g/mol. The van der Waals surface area contributed by atoms with Crippen LogP contribution in [0.2, 0.25) is 0 Å². The Bertz CT molecular complexity index is 974. The van der Waals surface area contributed by atoms with Crippen molar-refractivity contribution in [3.05, 3.63) is 77.6 Å². The molecule has 6 heteroatoms. The molecule has 6 nitrogen and oxygen atoms in total. The van der Waals surface area contributed by atoms with Gasteiger partial charge in [-0.2, -0.15) is 5.10 Å². The summed E-state index contributed by atoms with van der Waals surface area (Å²) < 4.78 is 1.65. The Labute approximate surface area is 150 Å². The van der Waals surface area contributed by atoms with Gasteiger partial charge in [0.2, 0.25) is 0 Å². The minimum Gasteiger partial charge on any atom is -0.366 e. The summed E-state index contributed by atoms with van der Waals surface area (Å²) in [7, 11) is 0. The molecule has 0 bridgehead atoms. The molecule has 1 heterocycles. The average Bonchev–Trinajstić information content (AvgIpc) is 3.41. The van der Waals surface area contributed by atoms with Gasteiger partial charge >= 0.3 is 0 Å². The van der Waals surface area contributed by atoms with Crippen molar-refractivity contribution in [3.63, 3.8) is 0 Å². The van der Waals surface area contributed by atoms with Crippen molar-refractivity contribution in [2.24, 2.45) is 5.73 Å². The predicted octanol–water partition coefficient (Wildman–Crippen LogP) is 3.10. The summed E-state index contributed by atoms with van der Waals surface area (Å²) in [6, 6.07) is 18.0. The molecule has 0 aliphatic heterocycles. The topological polar surface area (TPSA) is 90.0 Å². The summed E-state index contributed by atoms with van der Waals surface area (Å²) >= 11 is 0. The number of nitrogens with two attached hydrogens (primary N) is 1. The maximum absolute atomic E-state index is 12.9. The van der Waals surface area contributed by atoms with Crippen LogP contribution in [-0.4, -0.2) is 21.6 Å². The predicted molar refractivity (Wildman–Crippen MR) is 98.5 cm³/mol. The zero-order valence-electron chi connectivity index (χ0n) is 14.1. The first-order valence-corrected chi connectivity index (χ1v) is 8.49. The number of carbonyl (C=O) groups is 2. The van der Waals surface area contributed by atoms with Gasteiger partial charge in [0.1, 0.15) is 5.69 Å². The van der Waals surface area contributed by atoms with E-state index in [-0.39, 0.29) is 11.5 Å². The molecule has 1 aromatic heterocycles. The van der Waals surface area contributed by atoms with Gasteiger partial charge in [-0.05, 0) is 43.2 Å². The summed E-state index contributed by atoms with van der Waals surface area (Å²) in [5, 5.41) is 7.42. The Hall–Kier alpha value is -3.41. The van der Waals surface area contributed by atoms with Crippen LogP contribution in [0.4, 0.5) is 5.69 Å². The van der Waals surface area contributed by atoms with E-state index in [9.17, 15) is 9.59 Å². The molecule has 0 spiro atoms. The SMILES string of the molecule is NC(=O)c1ccccc1NC(=O)c1cc(C2CC2)nn1-c1ccccc1. The summed E-state index contributed by atoms with van der Waals surface area (Å²) in [6.45, 7) is 0. The fourth-order valence-corrected chi connectivity index (χ4v) is 2.90. The van der Waals surface area contributed by atoms with Crippen LogP contribution in [0, 0.1) is 0 Å². The molecule has 2 aromatic carbocycles. The molecule has 3 N–H and O–H groups in total. The molecule has 4 rings (SSSR count). The fourth-order valence-electron chi connectivity index (χ4n) is 2.90. The maximum Gasteiger partial charge on any atom is 0.274 e. The van der Waals surface area contributed by atoms with Crippen LogP contribution in [0.25, 0.3) is 5.69 Å². The highest BCUT2D eigenvalue weighted by molar-refractivity contribution is 6.08. The smallest absolute Gasteiger partial charge is 0.274 e. The van der Waals surface area contributed by atoms with E-state index in [0.717, 1.165) is 24.2 Å². The van der Waals surface area contributed by atoms with Crippen LogP contribution < -0.4 is 11.1 Å². The first-order chi connectivity index (χ1) is 12.6. The zero-order valence-corrected chi connectivity index (χ0v) is 14.1. The molecule has 0 unspecified atom stereocenters. The molecular weight excluding hydrogens is 328 g/mol. The molecular formula is C20H18N4O2. The Morgan fingerprint density at radius 3 is 2.42 bits per heavy atom. The van der Waals surface area contributed by atoms with Crippen molar-refractivity contribution in [2.45, 2.75) is 18.8 Å². The van der Waals surface area contributed by atoms with E-state index < -0.39 is 5.91 Å². The quantitative estimate of drug-likeness (QED) is 0.744. The number of hydrogen-bond donors (Lipinski definition) is 2. The van der Waals surface area contributed by atoms with Crippen LogP contribution in [0.1, 0.15) is 45.3 Å². The van der Waals surface area contributed by atoms with Crippen molar-refractivity contribution >= 4 is 17.5 Å². The van der Waals surface area contributed by atoms with Crippen LogP contribution in [0.5, 0.6) is 0 Å². The van der Waals surface area contributed by atoms with Gasteiger partial charge in [0.15, 0.2) is 0 Å². The van der Waals surface area contributed by atoms with Gasteiger partial charge in [0, 0.05) is 5.92 Å². The van der Waals surface area contributed by atoms with Gasteiger partial charge in [0.05, 0.1) is 22.6 Å². The fraction of sp³-hybridized carbons (Fsp3) is 0.150. The number of anilines is 1. The molecule has 3 aromatic rings. The van der Waals surface area contributed by atoms with Crippen LogP contribution in [0.3, 0.4) is 0 Å². The van der Waals surface area contributed by atoms with Gasteiger partial charge in [-0.3, -0.25) is 9.59 Å². The molecule has 0 atom stereocenters. The molecule has 2 amide bonds. The Balaban J connectivity index is 1.71. The lowest BCUT2D eigenvalue weighted by Gasteiger charge is -2.10. The lowest BCUT2D eigenvalue weighted by atomic mass is 10.1. The van der Waals surface area contributed by atoms with Gasteiger partial charge in [0.25, 0.3) is 11.8 Å². The Morgan fingerprint density at radius 1 is 1.04 bits per heavy atom. The van der Waals surface area contributed by atoms with Crippen molar-refractivity contribution in [2.75, 3.05) is 5.32 Å². The summed E-state index contributed by atoms with van der Waals surface area (Å²) in [4.78, 5) is 24.5. The van der Waals surface area contributed by atoms with Gasteiger partial charge in [-0.25, -0.2) is 4.68 Å². The highest BCUT2D eigenvalue weighted by atomic mass is 16.2. The van der Waals surface area contributed by atoms with E-state index in [1.54, 1.807) is 28.9 Å². The van der Waals surface area contributed by atoms with E-state index in [0.29, 0.717) is 17.3 Å². The minimum atomic E-state index is -0.587. The number of aromatic nitrogens is 2. The van der Waals surface area contributed by atoms with Crippen molar-refractivity contribution < 1.29 is 9.59 Å². The third-order valence-electron chi connectivity index (χ3n) is 4.40. The number of carbonyl (C=O) groups excluding carboxylic acids is 2. The molecule has 1 saturated carbocycles. The maximum atomic E-state index is 12.9. The van der Waals surface area contributed by atoms with Gasteiger partial charge < -0.3 is 11.1 Å². The lowest BCUT2D eigenvalue weighted by molar-refractivity contribution is 0.100. The van der Waals surface area contributed by atoms with E-state index >= 15 is 0 Å². The van der Waals surface area contributed by atoms with E-state index in [1.165, 1.54) is 0 Å². The summed E-state index contributed by atoms with van der Waals surface area (Å²) in [5.74, 6) is -0.498. The Morgan fingerprint density at radius 2 is 1.73 bits per heavy atom. The number of nitrogens with one attached hydrogen (secondary N) is 1. The molecule has 26 heavy (non-hydrogen) atoms. The number of para-hydroxylation sites is 2. The number of primary amides is 1. The number of hydrogen-bond acceptors (Lipinski definition) is 3. The molecule has 130 valence electrons. The normalized spacial score (nSPS) is 13.4. The number of benzene rings is 2. The standard InChI is InChI=1S/C20H18N4O2/c21-19(25)15-8-4-5-9-16(15)22-20(26)18-12-17(13-10-11-13)23-24(18)14-6-2-1-3-7-14/h1-9,12-13H,10-11H2,(H2,21,25)(H,22,26). The van der Waals surface area contributed by atoms with E-state index in [1.807, 2.05) is 36.4 Å². The van der Waals surface area contributed by atoms with Gasteiger partial charge in [-0.15, -0.1) is 0 Å². The van der Waals surface area contributed by atoms with Crippen molar-refractivity contribution in [1.82, 2.24) is 9.78 Å². The van der Waals surface area contributed by atoms with Gasteiger partial charge in [-0.1, -0.05) is 30.3 Å². The first kappa shape index (κ1) is 16.1. The monoisotopic (exact) mass is 346 g/mol. The molecule has 1 aliphatic carbocycles. The molecule has 1 fully saturated rings. The van der Waals surface area contributed by atoms with Crippen molar-refractivity contribution in [3.8, 4) is 5.69 Å². The highest BCUT2D eigenvalue weighted by Crippen LogP contribution is 2.39. The van der Waals surface area contributed by atoms with Crippen LogP contribution in [0.15, 0.2) is 60.7 Å².